The fourth-order valence-corrected chi connectivity index (χ4v) is 3.30. The molecule has 100 valence electrons. The van der Waals surface area contributed by atoms with Gasteiger partial charge in [-0.15, -0.1) is 11.8 Å². The Morgan fingerprint density at radius 1 is 1.44 bits per heavy atom. The minimum Gasteiger partial charge on any atom is -0.396 e. The molecule has 0 bridgehead atoms. The lowest BCUT2D eigenvalue weighted by Gasteiger charge is -2.17. The molecule has 1 unspecified atom stereocenters. The molecular weight excluding hydrogens is 242 g/mol. The van der Waals surface area contributed by atoms with Crippen LogP contribution in [0.15, 0.2) is 23.1 Å². The van der Waals surface area contributed by atoms with E-state index in [1.54, 1.807) is 0 Å². The number of aryl methyl sites for hydroxylation is 1. The van der Waals surface area contributed by atoms with Crippen LogP contribution in [0.4, 0.5) is 0 Å². The number of rotatable bonds is 6. The van der Waals surface area contributed by atoms with E-state index < -0.39 is 0 Å². The summed E-state index contributed by atoms with van der Waals surface area (Å²) in [6, 6.07) is 6.83. The van der Waals surface area contributed by atoms with Crippen LogP contribution in [0.5, 0.6) is 0 Å². The van der Waals surface area contributed by atoms with E-state index in [0.717, 1.165) is 19.5 Å². The van der Waals surface area contributed by atoms with E-state index in [4.69, 9.17) is 5.11 Å². The summed E-state index contributed by atoms with van der Waals surface area (Å²) in [7, 11) is 0. The SMILES string of the molecule is CCC(CO)CNCc1ccc2c(c1)CCCS2. The Hall–Kier alpha value is -0.510. The molecule has 1 aromatic rings. The van der Waals surface area contributed by atoms with E-state index >= 15 is 0 Å². The van der Waals surface area contributed by atoms with Gasteiger partial charge in [0.15, 0.2) is 0 Å². The topological polar surface area (TPSA) is 32.3 Å². The molecule has 1 atom stereocenters. The van der Waals surface area contributed by atoms with Crippen molar-refractivity contribution < 1.29 is 5.11 Å². The molecule has 0 radical (unpaired) electrons. The molecule has 2 rings (SSSR count). The van der Waals surface area contributed by atoms with Gasteiger partial charge in [0, 0.05) is 24.6 Å². The van der Waals surface area contributed by atoms with Crippen molar-refractivity contribution in [2.75, 3.05) is 18.9 Å². The average Bonchev–Trinajstić information content (AvgIpc) is 2.43. The summed E-state index contributed by atoms with van der Waals surface area (Å²) in [5, 5.41) is 12.6. The molecule has 2 N–H and O–H groups in total. The third kappa shape index (κ3) is 3.74. The average molecular weight is 265 g/mol. The molecule has 0 fully saturated rings. The summed E-state index contributed by atoms with van der Waals surface area (Å²) in [4.78, 5) is 1.46. The van der Waals surface area contributed by atoms with Gasteiger partial charge in [-0.1, -0.05) is 19.1 Å². The minimum absolute atomic E-state index is 0.282. The predicted molar refractivity (Wildman–Crippen MR) is 78.1 cm³/mol. The number of thioether (sulfide) groups is 1. The maximum atomic E-state index is 9.14. The molecule has 3 heteroatoms. The largest absolute Gasteiger partial charge is 0.396 e. The first-order chi connectivity index (χ1) is 8.83. The highest BCUT2D eigenvalue weighted by molar-refractivity contribution is 7.99. The summed E-state index contributed by atoms with van der Waals surface area (Å²) >= 11 is 1.98. The van der Waals surface area contributed by atoms with Crippen LogP contribution >= 0.6 is 11.8 Å². The first-order valence-corrected chi connectivity index (χ1v) is 7.88. The Kier molecular flexibility index (Phi) is 5.54. The fourth-order valence-electron chi connectivity index (χ4n) is 2.28. The van der Waals surface area contributed by atoms with Crippen molar-refractivity contribution in [2.24, 2.45) is 5.92 Å². The summed E-state index contributed by atoms with van der Waals surface area (Å²) in [6.07, 6.45) is 3.56. The fraction of sp³-hybridized carbons (Fsp3) is 0.600. The van der Waals surface area contributed by atoms with E-state index in [9.17, 15) is 0 Å². The van der Waals surface area contributed by atoms with Gasteiger partial charge in [0.1, 0.15) is 0 Å². The van der Waals surface area contributed by atoms with Crippen molar-refractivity contribution in [3.8, 4) is 0 Å². The molecule has 1 aromatic carbocycles. The third-order valence-corrected chi connectivity index (χ3v) is 4.77. The molecular formula is C15H23NOS. The lowest BCUT2D eigenvalue weighted by Crippen LogP contribution is -2.24. The number of nitrogens with one attached hydrogen (secondary N) is 1. The van der Waals surface area contributed by atoms with Gasteiger partial charge in [0.2, 0.25) is 0 Å². The molecule has 1 heterocycles. The molecule has 0 saturated carbocycles. The highest BCUT2D eigenvalue weighted by atomic mass is 32.2. The number of benzene rings is 1. The van der Waals surface area contributed by atoms with Crippen LogP contribution in [0, 0.1) is 5.92 Å². The van der Waals surface area contributed by atoms with Gasteiger partial charge in [-0.05, 0) is 48.1 Å². The van der Waals surface area contributed by atoms with E-state index in [0.29, 0.717) is 5.92 Å². The zero-order chi connectivity index (χ0) is 12.8. The van der Waals surface area contributed by atoms with Crippen molar-refractivity contribution in [1.29, 1.82) is 0 Å². The monoisotopic (exact) mass is 265 g/mol. The van der Waals surface area contributed by atoms with E-state index in [1.165, 1.54) is 34.6 Å². The Bertz CT molecular complexity index is 377. The van der Waals surface area contributed by atoms with Crippen molar-refractivity contribution in [3.05, 3.63) is 29.3 Å². The van der Waals surface area contributed by atoms with Crippen molar-refractivity contribution >= 4 is 11.8 Å². The van der Waals surface area contributed by atoms with Crippen molar-refractivity contribution in [1.82, 2.24) is 5.32 Å². The van der Waals surface area contributed by atoms with Crippen LogP contribution < -0.4 is 5.32 Å². The van der Waals surface area contributed by atoms with Gasteiger partial charge < -0.3 is 10.4 Å². The van der Waals surface area contributed by atoms with Gasteiger partial charge >= 0.3 is 0 Å². The standard InChI is InChI=1S/C15H23NOS/c1-2-12(11-17)9-16-10-13-5-6-15-14(8-13)4-3-7-18-15/h5-6,8,12,16-17H,2-4,7,9-11H2,1H3. The number of fused-ring (bicyclic) bond motifs is 1. The van der Waals surface area contributed by atoms with Crippen LogP contribution in [0.2, 0.25) is 0 Å². The summed E-state index contributed by atoms with van der Waals surface area (Å²) in [5.74, 6) is 1.65. The second-order valence-electron chi connectivity index (χ2n) is 4.98. The maximum Gasteiger partial charge on any atom is 0.0471 e. The molecule has 0 saturated heterocycles. The van der Waals surface area contributed by atoms with Crippen LogP contribution in [0.3, 0.4) is 0 Å². The highest BCUT2D eigenvalue weighted by Gasteiger charge is 2.10. The quantitative estimate of drug-likeness (QED) is 0.829. The minimum atomic E-state index is 0.282. The second-order valence-corrected chi connectivity index (χ2v) is 6.12. The zero-order valence-electron chi connectivity index (χ0n) is 11.1. The van der Waals surface area contributed by atoms with Crippen LogP contribution in [-0.2, 0) is 13.0 Å². The van der Waals surface area contributed by atoms with E-state index in [1.807, 2.05) is 11.8 Å². The molecule has 2 nitrogen and oxygen atoms in total. The van der Waals surface area contributed by atoms with Crippen LogP contribution in [0.25, 0.3) is 0 Å². The molecule has 0 aliphatic carbocycles. The van der Waals surface area contributed by atoms with Crippen LogP contribution in [0.1, 0.15) is 30.9 Å². The maximum absolute atomic E-state index is 9.14. The molecule has 0 aromatic heterocycles. The van der Waals surface area contributed by atoms with E-state index in [2.05, 4.69) is 30.4 Å². The molecule has 1 aliphatic heterocycles. The lowest BCUT2D eigenvalue weighted by atomic mass is 10.1. The van der Waals surface area contributed by atoms with Crippen LogP contribution in [-0.4, -0.2) is 24.0 Å². The Morgan fingerprint density at radius 3 is 3.11 bits per heavy atom. The smallest absolute Gasteiger partial charge is 0.0471 e. The van der Waals surface area contributed by atoms with Gasteiger partial charge in [-0.25, -0.2) is 0 Å². The van der Waals surface area contributed by atoms with Crippen molar-refractivity contribution in [2.45, 2.75) is 37.6 Å². The van der Waals surface area contributed by atoms with Gasteiger partial charge in [0.05, 0.1) is 0 Å². The Balaban J connectivity index is 1.86. The predicted octanol–water partition coefficient (Wildman–Crippen LogP) is 2.83. The number of hydrogen-bond donors (Lipinski definition) is 2. The highest BCUT2D eigenvalue weighted by Crippen LogP contribution is 2.30. The first kappa shape index (κ1) is 13.9. The summed E-state index contributed by atoms with van der Waals surface area (Å²) in [5.41, 5.74) is 2.88. The Labute approximate surface area is 114 Å². The second kappa shape index (κ2) is 7.17. The molecule has 18 heavy (non-hydrogen) atoms. The van der Waals surface area contributed by atoms with Gasteiger partial charge in [0.25, 0.3) is 0 Å². The number of aliphatic hydroxyl groups is 1. The normalized spacial score (nSPS) is 16.3. The zero-order valence-corrected chi connectivity index (χ0v) is 11.9. The van der Waals surface area contributed by atoms with Gasteiger partial charge in [-0.3, -0.25) is 0 Å². The third-order valence-electron chi connectivity index (χ3n) is 3.57. The van der Waals surface area contributed by atoms with Crippen molar-refractivity contribution in [3.63, 3.8) is 0 Å². The summed E-state index contributed by atoms with van der Waals surface area (Å²) in [6.45, 7) is 4.22. The number of hydrogen-bond acceptors (Lipinski definition) is 3. The Morgan fingerprint density at radius 2 is 2.33 bits per heavy atom. The number of aliphatic hydroxyl groups excluding tert-OH is 1. The molecule has 0 amide bonds. The molecule has 0 spiro atoms. The van der Waals surface area contributed by atoms with Gasteiger partial charge in [-0.2, -0.15) is 0 Å². The lowest BCUT2D eigenvalue weighted by molar-refractivity contribution is 0.218. The summed E-state index contributed by atoms with van der Waals surface area (Å²) < 4.78 is 0. The molecule has 1 aliphatic rings. The first-order valence-electron chi connectivity index (χ1n) is 6.89. The van der Waals surface area contributed by atoms with E-state index in [-0.39, 0.29) is 6.61 Å².